The van der Waals surface area contributed by atoms with Crippen LogP contribution in [0, 0.1) is 0 Å². The Kier molecular flexibility index (Phi) is 4.42. The number of carbonyl (C=O) groups is 2. The van der Waals surface area contributed by atoms with Gasteiger partial charge in [-0.25, -0.2) is 13.2 Å². The van der Waals surface area contributed by atoms with Crippen LogP contribution in [0.1, 0.15) is 12.8 Å². The van der Waals surface area contributed by atoms with Crippen molar-refractivity contribution in [2.24, 2.45) is 0 Å². The molecule has 2 rings (SSSR count). The number of rotatable bonds is 4. The van der Waals surface area contributed by atoms with Gasteiger partial charge < -0.3 is 10.0 Å². The highest BCUT2D eigenvalue weighted by atomic mass is 32.2. The first kappa shape index (κ1) is 15.2. The molecule has 1 heterocycles. The summed E-state index contributed by atoms with van der Waals surface area (Å²) in [6, 6.07) is 6.85. The van der Waals surface area contributed by atoms with Gasteiger partial charge in [-0.3, -0.25) is 4.79 Å². The van der Waals surface area contributed by atoms with Gasteiger partial charge in [-0.05, 0) is 25.0 Å². The number of benzene rings is 1. The maximum absolute atomic E-state index is 12.0. The van der Waals surface area contributed by atoms with Crippen LogP contribution in [0.2, 0.25) is 0 Å². The minimum absolute atomic E-state index is 0.0882. The van der Waals surface area contributed by atoms with Gasteiger partial charge in [0.15, 0.2) is 9.84 Å². The fourth-order valence-electron chi connectivity index (χ4n) is 2.22. The van der Waals surface area contributed by atoms with Gasteiger partial charge >= 0.3 is 5.97 Å². The van der Waals surface area contributed by atoms with E-state index in [0.717, 1.165) is 11.5 Å². The third kappa shape index (κ3) is 3.49. The van der Waals surface area contributed by atoms with E-state index < -0.39 is 27.8 Å². The molecule has 1 aliphatic heterocycles. The van der Waals surface area contributed by atoms with Crippen LogP contribution in [0.5, 0.6) is 0 Å². The van der Waals surface area contributed by atoms with Crippen molar-refractivity contribution in [1.29, 1.82) is 0 Å². The molecule has 1 atom stereocenters. The molecule has 0 saturated carbocycles. The summed E-state index contributed by atoms with van der Waals surface area (Å²) in [6.45, 7) is 0.325. The minimum Gasteiger partial charge on any atom is -0.480 e. The van der Waals surface area contributed by atoms with Crippen molar-refractivity contribution in [2.75, 3.05) is 6.54 Å². The second kappa shape index (κ2) is 6.09. The highest BCUT2D eigenvalue weighted by Crippen LogP contribution is 2.18. The lowest BCUT2D eigenvalue weighted by atomic mass is 10.2. The van der Waals surface area contributed by atoms with E-state index in [-0.39, 0.29) is 4.90 Å². The lowest BCUT2D eigenvalue weighted by Crippen LogP contribution is -2.39. The second-order valence-corrected chi connectivity index (χ2v) is 6.52. The molecule has 6 nitrogen and oxygen atoms in total. The van der Waals surface area contributed by atoms with Crippen LogP contribution in [-0.4, -0.2) is 42.9 Å². The molecule has 0 aromatic heterocycles. The molecular weight excluding hydrogens is 294 g/mol. The first-order valence-corrected chi connectivity index (χ1v) is 7.98. The number of aliphatic carboxylic acids is 1. The molecule has 21 heavy (non-hydrogen) atoms. The lowest BCUT2D eigenvalue weighted by molar-refractivity contribution is -0.146. The molecule has 7 heteroatoms. The normalized spacial score (nSPS) is 19.0. The summed E-state index contributed by atoms with van der Waals surface area (Å²) in [7, 11) is -3.70. The Bertz CT molecular complexity index is 666. The SMILES string of the molecule is O=C(O)C1CCCN1C(=O)/C=C/S(=O)(=O)c1ccccc1. The van der Waals surface area contributed by atoms with Crippen LogP contribution in [0.15, 0.2) is 46.7 Å². The largest absolute Gasteiger partial charge is 0.480 e. The van der Waals surface area contributed by atoms with E-state index >= 15 is 0 Å². The zero-order valence-corrected chi connectivity index (χ0v) is 12.0. The standard InChI is InChI=1S/C14H15NO5S/c16-13(15-9-4-7-12(15)14(17)18)8-10-21(19,20)11-5-2-1-3-6-11/h1-3,5-6,8,10,12H,4,7,9H2,(H,17,18)/b10-8+. The van der Waals surface area contributed by atoms with Crippen molar-refractivity contribution in [3.8, 4) is 0 Å². The summed E-state index contributed by atoms with van der Waals surface area (Å²) >= 11 is 0. The van der Waals surface area contributed by atoms with Crippen LogP contribution < -0.4 is 0 Å². The Hall–Kier alpha value is -2.15. The van der Waals surface area contributed by atoms with Crippen LogP contribution in [-0.2, 0) is 19.4 Å². The number of hydrogen-bond acceptors (Lipinski definition) is 4. The number of hydrogen-bond donors (Lipinski definition) is 1. The van der Waals surface area contributed by atoms with Gasteiger partial charge in [-0.2, -0.15) is 0 Å². The van der Waals surface area contributed by atoms with Crippen molar-refractivity contribution >= 4 is 21.7 Å². The predicted octanol–water partition coefficient (Wildman–Crippen LogP) is 1.05. The molecule has 0 radical (unpaired) electrons. The molecule has 1 unspecified atom stereocenters. The quantitative estimate of drug-likeness (QED) is 0.839. The summed E-state index contributed by atoms with van der Waals surface area (Å²) in [4.78, 5) is 24.2. The summed E-state index contributed by atoms with van der Waals surface area (Å²) in [5.41, 5.74) is 0. The third-order valence-corrected chi connectivity index (χ3v) is 4.71. The molecule has 1 aromatic carbocycles. The summed E-state index contributed by atoms with van der Waals surface area (Å²) < 4.78 is 24.0. The summed E-state index contributed by atoms with van der Waals surface area (Å²) in [5.74, 6) is -1.67. The first-order chi connectivity index (χ1) is 9.92. The Labute approximate surface area is 122 Å². The molecular formula is C14H15NO5S. The molecule has 1 aromatic rings. The lowest BCUT2D eigenvalue weighted by Gasteiger charge is -2.19. The van der Waals surface area contributed by atoms with Crippen LogP contribution in [0.3, 0.4) is 0 Å². The fraction of sp³-hybridized carbons (Fsp3) is 0.286. The summed E-state index contributed by atoms with van der Waals surface area (Å²) in [6.07, 6.45) is 1.91. The first-order valence-electron chi connectivity index (χ1n) is 6.43. The average molecular weight is 309 g/mol. The van der Waals surface area contributed by atoms with E-state index in [1.165, 1.54) is 17.0 Å². The minimum atomic E-state index is -3.70. The van der Waals surface area contributed by atoms with E-state index in [1.54, 1.807) is 18.2 Å². The monoisotopic (exact) mass is 309 g/mol. The number of carbonyl (C=O) groups excluding carboxylic acids is 1. The number of carboxylic acids is 1. The van der Waals surface area contributed by atoms with Gasteiger partial charge in [-0.1, -0.05) is 18.2 Å². The number of carboxylic acid groups (broad SMARTS) is 1. The van der Waals surface area contributed by atoms with Gasteiger partial charge in [0.05, 0.1) is 4.90 Å². The zero-order chi connectivity index (χ0) is 15.5. The fourth-order valence-corrected chi connectivity index (χ4v) is 3.21. The molecule has 112 valence electrons. The predicted molar refractivity (Wildman–Crippen MR) is 75.1 cm³/mol. The smallest absolute Gasteiger partial charge is 0.326 e. The Morgan fingerprint density at radius 3 is 2.52 bits per heavy atom. The molecule has 0 spiro atoms. The second-order valence-electron chi connectivity index (χ2n) is 4.69. The number of sulfone groups is 1. The number of nitrogens with zero attached hydrogens (tertiary/aromatic N) is 1. The Morgan fingerprint density at radius 2 is 1.90 bits per heavy atom. The number of likely N-dealkylation sites (tertiary alicyclic amines) is 1. The van der Waals surface area contributed by atoms with E-state index in [1.807, 2.05) is 0 Å². The van der Waals surface area contributed by atoms with Gasteiger partial charge in [0.1, 0.15) is 6.04 Å². The van der Waals surface area contributed by atoms with Crippen molar-refractivity contribution in [3.05, 3.63) is 41.8 Å². The average Bonchev–Trinajstić information content (AvgIpc) is 2.95. The maximum Gasteiger partial charge on any atom is 0.326 e. The molecule has 0 bridgehead atoms. The van der Waals surface area contributed by atoms with Gasteiger partial charge in [0.2, 0.25) is 5.91 Å². The van der Waals surface area contributed by atoms with Crippen molar-refractivity contribution in [3.63, 3.8) is 0 Å². The van der Waals surface area contributed by atoms with E-state index in [4.69, 9.17) is 5.11 Å². The number of amides is 1. The molecule has 1 saturated heterocycles. The Morgan fingerprint density at radius 1 is 1.24 bits per heavy atom. The molecule has 1 amide bonds. The molecule has 1 aliphatic rings. The van der Waals surface area contributed by atoms with Gasteiger partial charge in [0.25, 0.3) is 0 Å². The van der Waals surface area contributed by atoms with Gasteiger partial charge in [0, 0.05) is 18.0 Å². The van der Waals surface area contributed by atoms with Crippen LogP contribution >= 0.6 is 0 Å². The highest BCUT2D eigenvalue weighted by Gasteiger charge is 2.33. The van der Waals surface area contributed by atoms with E-state index in [2.05, 4.69) is 0 Å². The van der Waals surface area contributed by atoms with Gasteiger partial charge in [-0.15, -0.1) is 0 Å². The van der Waals surface area contributed by atoms with Crippen molar-refractivity contribution < 1.29 is 23.1 Å². The molecule has 1 fully saturated rings. The van der Waals surface area contributed by atoms with Crippen LogP contribution in [0.25, 0.3) is 0 Å². The van der Waals surface area contributed by atoms with Crippen molar-refractivity contribution in [2.45, 2.75) is 23.8 Å². The topological polar surface area (TPSA) is 91.8 Å². The summed E-state index contributed by atoms with van der Waals surface area (Å²) in [5, 5.41) is 9.82. The van der Waals surface area contributed by atoms with Crippen molar-refractivity contribution in [1.82, 2.24) is 4.90 Å². The zero-order valence-electron chi connectivity index (χ0n) is 11.2. The highest BCUT2D eigenvalue weighted by molar-refractivity contribution is 7.94. The molecule has 1 N–H and O–H groups in total. The third-order valence-electron chi connectivity index (χ3n) is 3.28. The molecule has 0 aliphatic carbocycles. The van der Waals surface area contributed by atoms with Crippen LogP contribution in [0.4, 0.5) is 0 Å². The Balaban J connectivity index is 2.14. The maximum atomic E-state index is 12.0. The van der Waals surface area contributed by atoms with E-state index in [0.29, 0.717) is 19.4 Å². The van der Waals surface area contributed by atoms with E-state index in [9.17, 15) is 18.0 Å².